The first-order valence-corrected chi connectivity index (χ1v) is 3.25. The summed E-state index contributed by atoms with van der Waals surface area (Å²) in [6.45, 7) is 2.14. The van der Waals surface area contributed by atoms with E-state index in [1.165, 1.54) is 5.56 Å². The molecule has 2 heteroatoms. The second-order valence-corrected chi connectivity index (χ2v) is 2.11. The Labute approximate surface area is 79.2 Å². The van der Waals surface area contributed by atoms with E-state index in [1.54, 1.807) is 11.3 Å². The van der Waals surface area contributed by atoms with Crippen LogP contribution in [0, 0.1) is 5.38 Å². The van der Waals surface area contributed by atoms with Crippen LogP contribution < -0.4 is 0 Å². The van der Waals surface area contributed by atoms with Crippen LogP contribution in [0.25, 0.3) is 0 Å². The quantitative estimate of drug-likeness (QED) is 0.609. The smallest absolute Gasteiger partial charge is 0 e. The molecule has 0 N–H and O–H groups in total. The molecule has 0 aromatic carbocycles. The van der Waals surface area contributed by atoms with E-state index >= 15 is 0 Å². The van der Waals surface area contributed by atoms with Crippen molar-refractivity contribution in [3.8, 4) is 0 Å². The second-order valence-electron chi connectivity index (χ2n) is 1.40. The van der Waals surface area contributed by atoms with Gasteiger partial charge in [0.2, 0.25) is 0 Å². The van der Waals surface area contributed by atoms with E-state index in [1.807, 2.05) is 0 Å². The van der Waals surface area contributed by atoms with E-state index in [-0.39, 0.29) is 32.7 Å². The summed E-state index contributed by atoms with van der Waals surface area (Å²) in [6.07, 6.45) is 1.11. The third kappa shape index (κ3) is 2.38. The molecule has 0 spiro atoms. The summed E-state index contributed by atoms with van der Waals surface area (Å²) < 4.78 is 0. The molecule has 0 bridgehead atoms. The first-order valence-electron chi connectivity index (χ1n) is 2.37. The number of thiophene rings is 1. The predicted octanol–water partition coefficient (Wildman–Crippen LogP) is 2.11. The van der Waals surface area contributed by atoms with Gasteiger partial charge in [0.05, 0.1) is 0 Å². The molecule has 1 aromatic heterocycles. The summed E-state index contributed by atoms with van der Waals surface area (Å²) in [5.41, 5.74) is 1.32. The fourth-order valence-electron chi connectivity index (χ4n) is 0.450. The van der Waals surface area contributed by atoms with Crippen LogP contribution in [0.2, 0.25) is 0 Å². The van der Waals surface area contributed by atoms with Gasteiger partial charge in [-0.15, -0.1) is 5.38 Å². The molecule has 0 aliphatic carbocycles. The Balaban J connectivity index is 0.000000490. The fraction of sp³-hybridized carbons (Fsp3) is 0.333. The van der Waals surface area contributed by atoms with Crippen molar-refractivity contribution in [2.75, 3.05) is 0 Å². The van der Waals surface area contributed by atoms with Gasteiger partial charge in [-0.25, -0.2) is 6.07 Å². The SMILES string of the molecule is CCc1[c-]scc1.[Y]. The van der Waals surface area contributed by atoms with Gasteiger partial charge in [0.25, 0.3) is 0 Å². The van der Waals surface area contributed by atoms with Gasteiger partial charge in [0.15, 0.2) is 0 Å². The van der Waals surface area contributed by atoms with Crippen LogP contribution in [0.5, 0.6) is 0 Å². The van der Waals surface area contributed by atoms with Gasteiger partial charge >= 0.3 is 0 Å². The van der Waals surface area contributed by atoms with Crippen molar-refractivity contribution in [2.24, 2.45) is 0 Å². The van der Waals surface area contributed by atoms with Gasteiger partial charge in [0, 0.05) is 32.7 Å². The van der Waals surface area contributed by atoms with E-state index < -0.39 is 0 Å². The first-order chi connectivity index (χ1) is 3.43. The largest absolute Gasteiger partial charge is 0.304 e. The maximum absolute atomic E-state index is 3.13. The third-order valence-corrected chi connectivity index (χ3v) is 1.56. The van der Waals surface area contributed by atoms with Crippen molar-refractivity contribution in [3.05, 3.63) is 22.4 Å². The van der Waals surface area contributed by atoms with Gasteiger partial charge in [-0.05, 0) is 0 Å². The molecular weight excluding hydrogens is 193 g/mol. The summed E-state index contributed by atoms with van der Waals surface area (Å²) in [5, 5.41) is 5.18. The summed E-state index contributed by atoms with van der Waals surface area (Å²) in [5.74, 6) is 0. The molecule has 1 rings (SSSR count). The molecule has 0 fully saturated rings. The third-order valence-electron chi connectivity index (χ3n) is 0.908. The Morgan fingerprint density at radius 3 is 2.75 bits per heavy atom. The van der Waals surface area contributed by atoms with E-state index in [0.29, 0.717) is 0 Å². The minimum atomic E-state index is 0. The average molecular weight is 200 g/mol. The molecule has 0 aliphatic rings. The summed E-state index contributed by atoms with van der Waals surface area (Å²) >= 11 is 1.64. The molecule has 1 radical (unpaired) electrons. The van der Waals surface area contributed by atoms with Gasteiger partial charge in [-0.3, -0.25) is 0 Å². The summed E-state index contributed by atoms with van der Waals surface area (Å²) in [6, 6.07) is 2.10. The van der Waals surface area contributed by atoms with E-state index in [2.05, 4.69) is 23.8 Å². The van der Waals surface area contributed by atoms with Crippen LogP contribution in [0.3, 0.4) is 0 Å². The van der Waals surface area contributed by atoms with Crippen molar-refractivity contribution in [1.29, 1.82) is 0 Å². The molecule has 0 saturated carbocycles. The first kappa shape index (κ1) is 8.80. The van der Waals surface area contributed by atoms with Gasteiger partial charge in [0.1, 0.15) is 0 Å². The Bertz CT molecular complexity index is 123. The van der Waals surface area contributed by atoms with Crippen molar-refractivity contribution in [1.82, 2.24) is 0 Å². The molecule has 1 heterocycles. The van der Waals surface area contributed by atoms with Crippen molar-refractivity contribution in [2.45, 2.75) is 13.3 Å². The maximum atomic E-state index is 3.13. The Morgan fingerprint density at radius 2 is 2.50 bits per heavy atom. The fourth-order valence-corrected chi connectivity index (χ4v) is 1.11. The predicted molar refractivity (Wildman–Crippen MR) is 32.5 cm³/mol. The van der Waals surface area contributed by atoms with Crippen LogP contribution >= 0.6 is 11.3 Å². The second kappa shape index (κ2) is 4.66. The Kier molecular flexibility index (Phi) is 5.13. The van der Waals surface area contributed by atoms with Crippen LogP contribution in [-0.2, 0) is 39.1 Å². The zero-order valence-corrected chi connectivity index (χ0v) is 8.50. The number of hydrogen-bond acceptors (Lipinski definition) is 1. The molecule has 0 amide bonds. The van der Waals surface area contributed by atoms with Crippen molar-refractivity contribution < 1.29 is 32.7 Å². The number of rotatable bonds is 1. The molecule has 41 valence electrons. The Hall–Kier alpha value is 0.804. The zero-order chi connectivity index (χ0) is 5.11. The molecule has 8 heavy (non-hydrogen) atoms. The topological polar surface area (TPSA) is 0 Å². The van der Waals surface area contributed by atoms with E-state index in [4.69, 9.17) is 0 Å². The molecule has 0 saturated heterocycles. The molecular formula is C6H7SY-. The molecule has 0 nitrogen and oxygen atoms in total. The van der Waals surface area contributed by atoms with Gasteiger partial charge < -0.3 is 11.3 Å². The molecule has 1 aromatic rings. The van der Waals surface area contributed by atoms with Gasteiger partial charge in [-0.1, -0.05) is 13.3 Å². The van der Waals surface area contributed by atoms with E-state index in [0.717, 1.165) is 6.42 Å². The van der Waals surface area contributed by atoms with Crippen LogP contribution in [-0.4, -0.2) is 0 Å². The average Bonchev–Trinajstić information content (AvgIpc) is 2.14. The van der Waals surface area contributed by atoms with Crippen LogP contribution in [0.1, 0.15) is 12.5 Å². The minimum Gasteiger partial charge on any atom is -0.304 e. The van der Waals surface area contributed by atoms with Gasteiger partial charge in [-0.2, -0.15) is 10.9 Å². The van der Waals surface area contributed by atoms with E-state index in [9.17, 15) is 0 Å². The molecule has 0 atom stereocenters. The molecule has 0 aliphatic heterocycles. The maximum Gasteiger partial charge on any atom is 0 e. The number of hydrogen-bond donors (Lipinski definition) is 0. The van der Waals surface area contributed by atoms with Crippen LogP contribution in [0.4, 0.5) is 0 Å². The standard InChI is InChI=1S/C6H7S.Y/c1-2-6-3-4-7-5-6;/h3-4H,2H2,1H3;/q-1;. The molecule has 0 unspecified atom stereocenters. The van der Waals surface area contributed by atoms with Crippen molar-refractivity contribution >= 4 is 11.3 Å². The normalized spacial score (nSPS) is 8.12. The monoisotopic (exact) mass is 200 g/mol. The summed E-state index contributed by atoms with van der Waals surface area (Å²) in [7, 11) is 0. The zero-order valence-electron chi connectivity index (χ0n) is 4.85. The minimum absolute atomic E-state index is 0. The number of aryl methyl sites for hydroxylation is 1. The van der Waals surface area contributed by atoms with Crippen LogP contribution in [0.15, 0.2) is 11.4 Å². The van der Waals surface area contributed by atoms with Crippen molar-refractivity contribution in [3.63, 3.8) is 0 Å². The summed E-state index contributed by atoms with van der Waals surface area (Å²) in [4.78, 5) is 0. The Morgan fingerprint density at radius 1 is 1.75 bits per heavy atom.